The van der Waals surface area contributed by atoms with E-state index in [4.69, 9.17) is 10.2 Å². The summed E-state index contributed by atoms with van der Waals surface area (Å²) in [4.78, 5) is 22.0. The molecular formula is C15H18O5S. The van der Waals surface area contributed by atoms with E-state index in [1.807, 2.05) is 30.3 Å². The lowest BCUT2D eigenvalue weighted by atomic mass is 9.95. The van der Waals surface area contributed by atoms with E-state index in [-0.39, 0.29) is 24.1 Å². The molecule has 0 aliphatic carbocycles. The van der Waals surface area contributed by atoms with Crippen LogP contribution < -0.4 is 0 Å². The second kappa shape index (κ2) is 9.07. The highest BCUT2D eigenvalue weighted by atomic mass is 32.1. The van der Waals surface area contributed by atoms with Crippen LogP contribution in [0.2, 0.25) is 0 Å². The minimum absolute atomic E-state index is 0.0411. The lowest BCUT2D eigenvalue weighted by Crippen LogP contribution is -2.25. The van der Waals surface area contributed by atoms with Gasteiger partial charge in [0.25, 0.3) is 0 Å². The SMILES string of the molecule is O=S=C(CCCc1ccccc1)C(CCC(=O)O)C(=O)O. The molecule has 6 heteroatoms. The summed E-state index contributed by atoms with van der Waals surface area (Å²) in [5, 5.41) is 17.8. The maximum absolute atomic E-state index is 11.2. The third kappa shape index (κ3) is 6.35. The standard InChI is InChI=1S/C15H18O5S/c16-14(17)10-9-12(15(18)19)13(21-20)8-4-7-11-5-2-1-3-6-11/h1-3,5-6,12H,4,7-10H2,(H,16,17)(H,18,19). The third-order valence-electron chi connectivity index (χ3n) is 3.17. The van der Waals surface area contributed by atoms with Crippen LogP contribution in [-0.2, 0) is 27.3 Å². The molecule has 1 aromatic carbocycles. The zero-order valence-electron chi connectivity index (χ0n) is 11.5. The highest BCUT2D eigenvalue weighted by molar-refractivity contribution is 7.66. The van der Waals surface area contributed by atoms with Crippen LogP contribution in [0.1, 0.15) is 31.2 Å². The fourth-order valence-corrected chi connectivity index (χ4v) is 2.64. The number of hydrogen-bond acceptors (Lipinski definition) is 3. The monoisotopic (exact) mass is 310 g/mol. The summed E-state index contributed by atoms with van der Waals surface area (Å²) >= 11 is 0.186. The predicted molar refractivity (Wildman–Crippen MR) is 80.5 cm³/mol. The van der Waals surface area contributed by atoms with E-state index in [1.54, 1.807) is 0 Å². The van der Waals surface area contributed by atoms with Crippen molar-refractivity contribution >= 4 is 28.1 Å². The van der Waals surface area contributed by atoms with Gasteiger partial charge >= 0.3 is 11.9 Å². The number of rotatable bonds is 9. The Bertz CT molecular complexity index is 534. The van der Waals surface area contributed by atoms with Gasteiger partial charge in [0.1, 0.15) is 0 Å². The summed E-state index contributed by atoms with van der Waals surface area (Å²) in [5.41, 5.74) is 1.13. The van der Waals surface area contributed by atoms with Crippen LogP contribution in [-0.4, -0.2) is 31.2 Å². The molecule has 1 atom stereocenters. The topological polar surface area (TPSA) is 91.7 Å². The Labute approximate surface area is 126 Å². The number of hydrogen-bond donors (Lipinski definition) is 2. The van der Waals surface area contributed by atoms with Gasteiger partial charge in [-0.15, -0.1) is 0 Å². The van der Waals surface area contributed by atoms with Gasteiger partial charge in [-0.05, 0) is 31.2 Å². The molecular weight excluding hydrogens is 292 g/mol. The Balaban J connectivity index is 2.57. The van der Waals surface area contributed by atoms with Gasteiger partial charge in [-0.2, -0.15) is 0 Å². The number of aryl methyl sites for hydroxylation is 1. The smallest absolute Gasteiger partial charge is 0.311 e. The number of carbonyl (C=O) groups is 2. The normalized spacial score (nSPS) is 11.6. The van der Waals surface area contributed by atoms with Crippen molar-refractivity contribution in [2.24, 2.45) is 5.92 Å². The molecule has 1 aromatic rings. The van der Waals surface area contributed by atoms with Crippen molar-refractivity contribution in [3.63, 3.8) is 0 Å². The molecule has 1 unspecified atom stereocenters. The zero-order chi connectivity index (χ0) is 15.7. The van der Waals surface area contributed by atoms with E-state index in [0.29, 0.717) is 17.7 Å². The molecule has 0 aliphatic rings. The second-order valence-corrected chi connectivity index (χ2v) is 5.40. The van der Waals surface area contributed by atoms with Crippen LogP contribution in [0.5, 0.6) is 0 Å². The number of benzene rings is 1. The van der Waals surface area contributed by atoms with E-state index in [2.05, 4.69) is 0 Å². The summed E-state index contributed by atoms with van der Waals surface area (Å²) in [5.74, 6) is -3.17. The first kappa shape index (κ1) is 17.1. The predicted octanol–water partition coefficient (Wildman–Crippen LogP) is 1.96. The lowest BCUT2D eigenvalue weighted by molar-refractivity contribution is -0.140. The van der Waals surface area contributed by atoms with Crippen LogP contribution in [0, 0.1) is 5.92 Å². The van der Waals surface area contributed by atoms with Crippen LogP contribution in [0.25, 0.3) is 0 Å². The van der Waals surface area contributed by atoms with Gasteiger partial charge in [-0.1, -0.05) is 30.3 Å². The van der Waals surface area contributed by atoms with Gasteiger partial charge < -0.3 is 10.2 Å². The lowest BCUT2D eigenvalue weighted by Gasteiger charge is -2.12. The average Bonchev–Trinajstić information content (AvgIpc) is 2.46. The molecule has 0 amide bonds. The molecule has 0 heterocycles. The van der Waals surface area contributed by atoms with Crippen LogP contribution in [0.15, 0.2) is 30.3 Å². The molecule has 0 fully saturated rings. The summed E-state index contributed by atoms with van der Waals surface area (Å²) in [6, 6.07) is 9.72. The first-order valence-corrected chi connectivity index (χ1v) is 7.42. The van der Waals surface area contributed by atoms with Crippen molar-refractivity contribution in [3.8, 4) is 0 Å². The summed E-state index contributed by atoms with van der Waals surface area (Å²) in [6.07, 6.45) is 1.53. The summed E-state index contributed by atoms with van der Waals surface area (Å²) in [7, 11) is 0. The third-order valence-corrected chi connectivity index (χ3v) is 3.87. The maximum Gasteiger partial charge on any atom is 0.311 e. The van der Waals surface area contributed by atoms with Crippen molar-refractivity contribution in [3.05, 3.63) is 35.9 Å². The van der Waals surface area contributed by atoms with Gasteiger partial charge in [0, 0.05) is 11.3 Å². The summed E-state index contributed by atoms with van der Waals surface area (Å²) < 4.78 is 11.1. The van der Waals surface area contributed by atoms with Crippen molar-refractivity contribution in [2.75, 3.05) is 0 Å². The van der Waals surface area contributed by atoms with Crippen LogP contribution in [0.3, 0.4) is 0 Å². The molecule has 1 rings (SSSR count). The fraction of sp³-hybridized carbons (Fsp3) is 0.400. The van der Waals surface area contributed by atoms with Crippen LogP contribution in [0.4, 0.5) is 0 Å². The highest BCUT2D eigenvalue weighted by Crippen LogP contribution is 2.14. The van der Waals surface area contributed by atoms with Gasteiger partial charge in [0.15, 0.2) is 0 Å². The van der Waals surface area contributed by atoms with E-state index in [9.17, 15) is 13.8 Å². The Hall–Kier alpha value is -1.95. The van der Waals surface area contributed by atoms with Gasteiger partial charge in [0.2, 0.25) is 0 Å². The molecule has 0 radical (unpaired) electrons. The van der Waals surface area contributed by atoms with E-state index in [0.717, 1.165) is 12.0 Å². The van der Waals surface area contributed by atoms with Crippen molar-refractivity contribution in [1.29, 1.82) is 0 Å². The van der Waals surface area contributed by atoms with E-state index in [1.165, 1.54) is 0 Å². The number of carboxylic acids is 2. The molecule has 0 saturated heterocycles. The first-order valence-electron chi connectivity index (χ1n) is 6.68. The highest BCUT2D eigenvalue weighted by Gasteiger charge is 2.24. The summed E-state index contributed by atoms with van der Waals surface area (Å²) in [6.45, 7) is 0. The molecule has 0 aliphatic heterocycles. The minimum Gasteiger partial charge on any atom is -0.481 e. The van der Waals surface area contributed by atoms with Crippen molar-refractivity contribution in [1.82, 2.24) is 0 Å². The van der Waals surface area contributed by atoms with Crippen LogP contribution >= 0.6 is 0 Å². The average molecular weight is 310 g/mol. The van der Waals surface area contributed by atoms with Gasteiger partial charge in [-0.3, -0.25) is 9.59 Å². The molecule has 0 spiro atoms. The molecule has 5 nitrogen and oxygen atoms in total. The molecule has 2 N–H and O–H groups in total. The maximum atomic E-state index is 11.2. The Kier molecular flexibility index (Phi) is 7.39. The minimum atomic E-state index is -1.13. The molecule has 0 aromatic heterocycles. The first-order chi connectivity index (χ1) is 10.0. The zero-order valence-corrected chi connectivity index (χ0v) is 12.3. The molecule has 21 heavy (non-hydrogen) atoms. The molecule has 0 saturated carbocycles. The van der Waals surface area contributed by atoms with Gasteiger partial charge in [0.05, 0.1) is 17.2 Å². The number of aliphatic carboxylic acids is 2. The molecule has 114 valence electrons. The largest absolute Gasteiger partial charge is 0.481 e. The Morgan fingerprint density at radius 3 is 2.29 bits per heavy atom. The fourth-order valence-electron chi connectivity index (χ4n) is 2.08. The van der Waals surface area contributed by atoms with Crippen molar-refractivity contribution < 1.29 is 24.0 Å². The van der Waals surface area contributed by atoms with Gasteiger partial charge in [-0.25, -0.2) is 4.21 Å². The second-order valence-electron chi connectivity index (χ2n) is 4.71. The van der Waals surface area contributed by atoms with E-state index >= 15 is 0 Å². The van der Waals surface area contributed by atoms with E-state index < -0.39 is 17.9 Å². The van der Waals surface area contributed by atoms with Crippen molar-refractivity contribution in [2.45, 2.75) is 32.1 Å². The molecule has 0 bridgehead atoms. The number of carboxylic acid groups (broad SMARTS) is 2. The Morgan fingerprint density at radius 2 is 1.76 bits per heavy atom. The quantitative estimate of drug-likeness (QED) is 0.680. The Morgan fingerprint density at radius 1 is 1.10 bits per heavy atom.